The number of nitrogens with zero attached hydrogens (tertiary/aromatic N) is 5. The Morgan fingerprint density at radius 1 is 1.00 bits per heavy atom. The van der Waals surface area contributed by atoms with Gasteiger partial charge in [0.2, 0.25) is 17.8 Å². The fourth-order valence-corrected chi connectivity index (χ4v) is 3.07. The zero-order valence-corrected chi connectivity index (χ0v) is 19.1. The highest BCUT2D eigenvalue weighted by Crippen LogP contribution is 2.25. The van der Waals surface area contributed by atoms with E-state index >= 15 is 0 Å². The molecule has 0 spiro atoms. The van der Waals surface area contributed by atoms with E-state index in [0.29, 0.717) is 29.5 Å². The quantitative estimate of drug-likeness (QED) is 0.145. The number of anilines is 4. The minimum absolute atomic E-state index is 0.0241. The Bertz CT molecular complexity index is 1360. The smallest absolute Gasteiger partial charge is 0.269 e. The monoisotopic (exact) mass is 486 g/mol. The van der Waals surface area contributed by atoms with Gasteiger partial charge in [-0.15, -0.1) is 0 Å². The van der Waals surface area contributed by atoms with Gasteiger partial charge in [0.1, 0.15) is 0 Å². The number of phenols is 1. The molecular weight excluding hydrogens is 464 g/mol. The Hall–Kier alpha value is -5.26. The second-order valence-corrected chi connectivity index (χ2v) is 7.38. The summed E-state index contributed by atoms with van der Waals surface area (Å²) >= 11 is 0. The molecule has 0 aliphatic heterocycles. The number of benzene rings is 3. The van der Waals surface area contributed by atoms with Crippen LogP contribution in [0.1, 0.15) is 11.1 Å². The number of nitro groups is 1. The number of nitro benzene ring substituents is 1. The average molecular weight is 486 g/mol. The summed E-state index contributed by atoms with van der Waals surface area (Å²) < 4.78 is 5.10. The van der Waals surface area contributed by atoms with Gasteiger partial charge in [0.05, 0.1) is 18.2 Å². The van der Waals surface area contributed by atoms with Crippen LogP contribution in [0.4, 0.5) is 29.2 Å². The number of aromatic nitrogens is 3. The highest BCUT2D eigenvalue weighted by molar-refractivity contribution is 5.81. The van der Waals surface area contributed by atoms with Crippen LogP contribution in [0.25, 0.3) is 0 Å². The van der Waals surface area contributed by atoms with E-state index in [-0.39, 0.29) is 23.3 Å². The third-order valence-corrected chi connectivity index (χ3v) is 4.85. The lowest BCUT2D eigenvalue weighted by atomic mass is 10.2. The van der Waals surface area contributed by atoms with Crippen molar-refractivity contribution in [3.8, 4) is 11.5 Å². The molecule has 0 radical (unpaired) electrons. The number of aromatic hydroxyl groups is 1. The summed E-state index contributed by atoms with van der Waals surface area (Å²) in [4.78, 5) is 23.5. The van der Waals surface area contributed by atoms with Crippen molar-refractivity contribution in [2.24, 2.45) is 5.10 Å². The van der Waals surface area contributed by atoms with Crippen molar-refractivity contribution in [3.05, 3.63) is 94.0 Å². The first-order valence-electron chi connectivity index (χ1n) is 10.7. The number of hydrogen-bond acceptors (Lipinski definition) is 11. The van der Waals surface area contributed by atoms with E-state index in [9.17, 15) is 15.2 Å². The molecule has 12 nitrogen and oxygen atoms in total. The van der Waals surface area contributed by atoms with E-state index in [1.807, 2.05) is 30.3 Å². The molecule has 0 atom stereocenters. The van der Waals surface area contributed by atoms with Gasteiger partial charge < -0.3 is 20.5 Å². The molecule has 0 amide bonds. The first kappa shape index (κ1) is 23.9. The van der Waals surface area contributed by atoms with Crippen LogP contribution in [0.3, 0.4) is 0 Å². The maximum absolute atomic E-state index is 10.9. The summed E-state index contributed by atoms with van der Waals surface area (Å²) in [6.45, 7) is 0.484. The van der Waals surface area contributed by atoms with Crippen molar-refractivity contribution in [1.82, 2.24) is 15.0 Å². The van der Waals surface area contributed by atoms with Crippen LogP contribution >= 0.6 is 0 Å². The molecule has 0 unspecified atom stereocenters. The van der Waals surface area contributed by atoms with Crippen molar-refractivity contribution in [3.63, 3.8) is 0 Å². The van der Waals surface area contributed by atoms with Crippen molar-refractivity contribution >= 4 is 35.4 Å². The van der Waals surface area contributed by atoms with E-state index in [4.69, 9.17) is 4.74 Å². The molecule has 4 N–H and O–H groups in total. The number of ether oxygens (including phenoxy) is 1. The van der Waals surface area contributed by atoms with E-state index in [2.05, 4.69) is 36.1 Å². The van der Waals surface area contributed by atoms with Gasteiger partial charge >= 0.3 is 0 Å². The average Bonchev–Trinajstić information content (AvgIpc) is 2.89. The highest BCUT2D eigenvalue weighted by atomic mass is 16.6. The van der Waals surface area contributed by atoms with Crippen LogP contribution in [0.2, 0.25) is 0 Å². The predicted molar refractivity (Wildman–Crippen MR) is 136 cm³/mol. The van der Waals surface area contributed by atoms with Crippen molar-refractivity contribution in [2.75, 3.05) is 23.2 Å². The van der Waals surface area contributed by atoms with Gasteiger partial charge in [-0.05, 0) is 41.5 Å². The Morgan fingerprint density at radius 2 is 1.72 bits per heavy atom. The molecule has 3 aromatic carbocycles. The largest absolute Gasteiger partial charge is 0.504 e. The van der Waals surface area contributed by atoms with Crippen LogP contribution in [-0.2, 0) is 6.54 Å². The summed E-state index contributed by atoms with van der Waals surface area (Å²) in [5.74, 6) is 1.00. The number of phenolic OH excluding ortho intramolecular Hbond substituents is 1. The zero-order chi connectivity index (χ0) is 25.3. The minimum atomic E-state index is -0.470. The number of nitrogens with one attached hydrogen (secondary N) is 3. The summed E-state index contributed by atoms with van der Waals surface area (Å²) in [7, 11) is 1.46. The van der Waals surface area contributed by atoms with Crippen LogP contribution in [0.15, 0.2) is 77.9 Å². The Labute approximate surface area is 205 Å². The van der Waals surface area contributed by atoms with Gasteiger partial charge in [0, 0.05) is 24.4 Å². The molecule has 0 aliphatic carbocycles. The maximum atomic E-state index is 10.9. The number of hydrazone groups is 1. The molecule has 36 heavy (non-hydrogen) atoms. The molecule has 0 fully saturated rings. The Morgan fingerprint density at radius 3 is 2.44 bits per heavy atom. The number of methoxy groups -OCH3 is 1. The summed E-state index contributed by atoms with van der Waals surface area (Å²) in [6.07, 6.45) is 1.52. The standard InChI is InChI=1S/C24H22N8O4/c1-36-21-13-17(7-12-20(21)33)15-26-31-24-29-22(25-14-16-5-3-2-4-6-16)28-23(30-24)27-18-8-10-19(11-9-18)32(34)35/h2-13,15,33H,14H2,1H3,(H3,25,27,28,29,30,31)/b26-15+. The van der Waals surface area contributed by atoms with E-state index in [1.54, 1.807) is 24.3 Å². The van der Waals surface area contributed by atoms with Crippen LogP contribution in [0, 0.1) is 10.1 Å². The second kappa shape index (κ2) is 11.2. The molecule has 4 rings (SSSR count). The van der Waals surface area contributed by atoms with Crippen molar-refractivity contribution in [1.29, 1.82) is 0 Å². The van der Waals surface area contributed by atoms with E-state index in [0.717, 1.165) is 5.56 Å². The van der Waals surface area contributed by atoms with E-state index < -0.39 is 4.92 Å². The first-order valence-corrected chi connectivity index (χ1v) is 10.7. The summed E-state index contributed by atoms with van der Waals surface area (Å²) in [5, 5.41) is 31.0. The fraction of sp³-hybridized carbons (Fsp3) is 0.0833. The minimum Gasteiger partial charge on any atom is -0.504 e. The van der Waals surface area contributed by atoms with Crippen LogP contribution in [0.5, 0.6) is 11.5 Å². The Balaban J connectivity index is 1.54. The van der Waals surface area contributed by atoms with Gasteiger partial charge in [0.25, 0.3) is 5.69 Å². The van der Waals surface area contributed by atoms with Crippen molar-refractivity contribution in [2.45, 2.75) is 6.54 Å². The number of hydrogen-bond donors (Lipinski definition) is 4. The molecule has 12 heteroatoms. The van der Waals surface area contributed by atoms with Gasteiger partial charge in [-0.2, -0.15) is 20.1 Å². The van der Waals surface area contributed by atoms with Crippen LogP contribution < -0.4 is 20.8 Å². The molecule has 0 aliphatic rings. The lowest BCUT2D eigenvalue weighted by Gasteiger charge is -2.10. The van der Waals surface area contributed by atoms with Crippen molar-refractivity contribution < 1.29 is 14.8 Å². The molecule has 4 aromatic rings. The highest BCUT2D eigenvalue weighted by Gasteiger charge is 2.09. The fourth-order valence-electron chi connectivity index (χ4n) is 3.07. The SMILES string of the molecule is COc1cc(/C=N/Nc2nc(NCc3ccccc3)nc(Nc3ccc([N+](=O)[O-])cc3)n2)ccc1O. The lowest BCUT2D eigenvalue weighted by molar-refractivity contribution is -0.384. The normalized spacial score (nSPS) is 10.7. The second-order valence-electron chi connectivity index (χ2n) is 7.38. The molecule has 1 aromatic heterocycles. The first-order chi connectivity index (χ1) is 17.5. The Kier molecular flexibility index (Phi) is 7.46. The molecule has 0 saturated carbocycles. The van der Waals surface area contributed by atoms with E-state index in [1.165, 1.54) is 31.5 Å². The predicted octanol–water partition coefficient (Wildman–Crippen LogP) is 4.30. The topological polar surface area (TPSA) is 160 Å². The number of rotatable bonds is 10. The summed E-state index contributed by atoms with van der Waals surface area (Å²) in [5.41, 5.74) is 5.02. The third-order valence-electron chi connectivity index (χ3n) is 4.85. The van der Waals surface area contributed by atoms with Crippen LogP contribution in [-0.4, -0.2) is 38.3 Å². The van der Waals surface area contributed by atoms with Gasteiger partial charge in [-0.25, -0.2) is 5.43 Å². The zero-order valence-electron chi connectivity index (χ0n) is 19.1. The molecule has 1 heterocycles. The van der Waals surface area contributed by atoms with Gasteiger partial charge in [0.15, 0.2) is 11.5 Å². The molecular formula is C24H22N8O4. The molecule has 0 bridgehead atoms. The number of non-ortho nitro benzene ring substituents is 1. The lowest BCUT2D eigenvalue weighted by Crippen LogP contribution is -2.09. The molecule has 182 valence electrons. The van der Waals surface area contributed by atoms with Gasteiger partial charge in [-0.1, -0.05) is 30.3 Å². The van der Waals surface area contributed by atoms with Gasteiger partial charge in [-0.3, -0.25) is 10.1 Å². The molecule has 0 saturated heterocycles. The maximum Gasteiger partial charge on any atom is 0.269 e. The summed E-state index contributed by atoms with van der Waals surface area (Å²) in [6, 6.07) is 20.4. The third kappa shape index (κ3) is 6.41.